The fraction of sp³-hybridized carbons (Fsp3) is 0.222. The molecule has 0 unspecified atom stereocenters. The van der Waals surface area contributed by atoms with Crippen molar-refractivity contribution in [3.63, 3.8) is 0 Å². The number of halogens is 3. The molecule has 0 aliphatic carbocycles. The zero-order chi connectivity index (χ0) is 20.7. The molecule has 0 aliphatic rings. The third-order valence-corrected chi connectivity index (χ3v) is 3.78. The summed E-state index contributed by atoms with van der Waals surface area (Å²) in [6.07, 6.45) is -3.11. The molecule has 2 N–H and O–H groups in total. The summed E-state index contributed by atoms with van der Waals surface area (Å²) in [5.41, 5.74) is 2.01. The van der Waals surface area contributed by atoms with Crippen LogP contribution in [0.2, 0.25) is 0 Å². The lowest BCUT2D eigenvalue weighted by Gasteiger charge is -2.15. The van der Waals surface area contributed by atoms with Crippen molar-refractivity contribution in [2.24, 2.45) is 5.10 Å². The van der Waals surface area contributed by atoms with E-state index in [-0.39, 0.29) is 10.8 Å². The first-order valence-electron chi connectivity index (χ1n) is 7.87. The summed E-state index contributed by atoms with van der Waals surface area (Å²) in [5.74, 6) is 1.24. The van der Waals surface area contributed by atoms with Crippen LogP contribution in [-0.4, -0.2) is 32.7 Å². The molecule has 0 saturated carbocycles. The molecule has 2 aromatic rings. The molecule has 0 fully saturated rings. The Balaban J connectivity index is 2.13. The second kappa shape index (κ2) is 9.27. The van der Waals surface area contributed by atoms with Crippen molar-refractivity contribution >= 4 is 29.2 Å². The summed E-state index contributed by atoms with van der Waals surface area (Å²) < 4.78 is 54.8. The molecule has 28 heavy (non-hydrogen) atoms. The number of nitrogens with zero attached hydrogens (tertiary/aromatic N) is 1. The van der Waals surface area contributed by atoms with Gasteiger partial charge in [0, 0.05) is 5.56 Å². The predicted octanol–water partition coefficient (Wildman–Crippen LogP) is 4.05. The largest absolute Gasteiger partial charge is 0.493 e. The van der Waals surface area contributed by atoms with Gasteiger partial charge >= 0.3 is 6.18 Å². The van der Waals surface area contributed by atoms with Crippen molar-refractivity contribution in [1.29, 1.82) is 0 Å². The Morgan fingerprint density at radius 3 is 2.29 bits per heavy atom. The van der Waals surface area contributed by atoms with E-state index >= 15 is 0 Å². The SMILES string of the molecule is COc1ccc(/C=N/NC(=S)Nc2ccccc2C(F)(F)F)c(OC)c1OC. The number of nitrogens with one attached hydrogen (secondary N) is 2. The summed E-state index contributed by atoms with van der Waals surface area (Å²) in [6.45, 7) is 0. The molecule has 0 spiro atoms. The van der Waals surface area contributed by atoms with Gasteiger partial charge in [0.2, 0.25) is 5.75 Å². The normalized spacial score (nSPS) is 11.2. The monoisotopic (exact) mass is 413 g/mol. The number of methoxy groups -OCH3 is 3. The molecule has 0 atom stereocenters. The van der Waals surface area contributed by atoms with Crippen LogP contribution in [0.5, 0.6) is 17.2 Å². The van der Waals surface area contributed by atoms with E-state index in [0.717, 1.165) is 6.07 Å². The Kier molecular flexibility index (Phi) is 7.05. The maximum atomic E-state index is 13.0. The highest BCUT2D eigenvalue weighted by atomic mass is 32.1. The Morgan fingerprint density at radius 2 is 1.68 bits per heavy atom. The summed E-state index contributed by atoms with van der Waals surface area (Å²) in [5, 5.41) is 6.31. The summed E-state index contributed by atoms with van der Waals surface area (Å²) >= 11 is 5.00. The van der Waals surface area contributed by atoms with Crippen molar-refractivity contribution in [1.82, 2.24) is 5.43 Å². The molecule has 0 radical (unpaired) electrons. The smallest absolute Gasteiger partial charge is 0.418 e. The molecule has 0 aliphatic heterocycles. The van der Waals surface area contributed by atoms with Crippen molar-refractivity contribution in [2.45, 2.75) is 6.18 Å². The van der Waals surface area contributed by atoms with Gasteiger partial charge in [-0.15, -0.1) is 0 Å². The molecule has 0 bridgehead atoms. The Hall–Kier alpha value is -3.01. The van der Waals surface area contributed by atoms with Gasteiger partial charge < -0.3 is 19.5 Å². The van der Waals surface area contributed by atoms with Crippen molar-refractivity contribution in [3.8, 4) is 17.2 Å². The third-order valence-electron chi connectivity index (χ3n) is 3.59. The average molecular weight is 413 g/mol. The van der Waals surface area contributed by atoms with Gasteiger partial charge in [0.1, 0.15) is 0 Å². The van der Waals surface area contributed by atoms with Crippen LogP contribution in [0.3, 0.4) is 0 Å². The Labute approximate surface area is 165 Å². The topological polar surface area (TPSA) is 64.1 Å². The number of rotatable bonds is 6. The van der Waals surface area contributed by atoms with Gasteiger partial charge in [-0.25, -0.2) is 0 Å². The van der Waals surface area contributed by atoms with Crippen LogP contribution in [0, 0.1) is 0 Å². The van der Waals surface area contributed by atoms with Gasteiger partial charge in [0.25, 0.3) is 0 Å². The molecular weight excluding hydrogens is 395 g/mol. The highest BCUT2D eigenvalue weighted by Gasteiger charge is 2.33. The highest BCUT2D eigenvalue weighted by molar-refractivity contribution is 7.80. The molecule has 10 heteroatoms. The number of anilines is 1. The van der Waals surface area contributed by atoms with E-state index in [1.807, 2.05) is 0 Å². The van der Waals surface area contributed by atoms with Crippen LogP contribution in [0.1, 0.15) is 11.1 Å². The minimum absolute atomic E-state index is 0.104. The van der Waals surface area contributed by atoms with E-state index in [4.69, 9.17) is 26.4 Å². The molecular formula is C18H18F3N3O3S. The van der Waals surface area contributed by atoms with Crippen LogP contribution in [-0.2, 0) is 6.18 Å². The maximum Gasteiger partial charge on any atom is 0.418 e. The number of thiocarbonyl (C=S) groups is 1. The van der Waals surface area contributed by atoms with Crippen LogP contribution in [0.25, 0.3) is 0 Å². The van der Waals surface area contributed by atoms with E-state index < -0.39 is 11.7 Å². The second-order valence-corrected chi connectivity index (χ2v) is 5.70. The average Bonchev–Trinajstić information content (AvgIpc) is 2.66. The number of hydrogen-bond acceptors (Lipinski definition) is 5. The zero-order valence-electron chi connectivity index (χ0n) is 15.3. The van der Waals surface area contributed by atoms with Gasteiger partial charge in [-0.05, 0) is 36.5 Å². The molecule has 2 rings (SSSR count). The predicted molar refractivity (Wildman–Crippen MR) is 104 cm³/mol. The number of alkyl halides is 3. The minimum Gasteiger partial charge on any atom is -0.493 e. The number of para-hydroxylation sites is 1. The van der Waals surface area contributed by atoms with Crippen LogP contribution in [0.15, 0.2) is 41.5 Å². The van der Waals surface area contributed by atoms with Gasteiger partial charge in [-0.2, -0.15) is 18.3 Å². The number of hydrazone groups is 1. The molecule has 0 saturated heterocycles. The van der Waals surface area contributed by atoms with E-state index in [9.17, 15) is 13.2 Å². The van der Waals surface area contributed by atoms with E-state index in [0.29, 0.717) is 22.8 Å². The van der Waals surface area contributed by atoms with Crippen LogP contribution >= 0.6 is 12.2 Å². The van der Waals surface area contributed by atoms with Gasteiger partial charge in [0.05, 0.1) is 38.8 Å². The maximum absolute atomic E-state index is 13.0. The molecule has 0 amide bonds. The number of benzene rings is 2. The fourth-order valence-electron chi connectivity index (χ4n) is 2.38. The van der Waals surface area contributed by atoms with Crippen LogP contribution in [0.4, 0.5) is 18.9 Å². The van der Waals surface area contributed by atoms with Crippen molar-refractivity contribution in [3.05, 3.63) is 47.5 Å². The summed E-state index contributed by atoms with van der Waals surface area (Å²) in [4.78, 5) is 0. The highest BCUT2D eigenvalue weighted by Crippen LogP contribution is 2.39. The summed E-state index contributed by atoms with van der Waals surface area (Å²) in [7, 11) is 4.43. The Bertz CT molecular complexity index is 873. The first kappa shape index (κ1) is 21.3. The quantitative estimate of drug-likeness (QED) is 0.423. The van der Waals surface area contributed by atoms with Crippen molar-refractivity contribution in [2.75, 3.05) is 26.6 Å². The molecule has 6 nitrogen and oxygen atoms in total. The molecule has 0 aromatic heterocycles. The second-order valence-electron chi connectivity index (χ2n) is 5.29. The minimum atomic E-state index is -4.50. The number of ether oxygens (including phenoxy) is 3. The van der Waals surface area contributed by atoms with Gasteiger partial charge in [0.15, 0.2) is 16.6 Å². The Morgan fingerprint density at radius 1 is 1.00 bits per heavy atom. The number of hydrogen-bond donors (Lipinski definition) is 2. The molecule has 2 aromatic carbocycles. The first-order valence-corrected chi connectivity index (χ1v) is 8.27. The van der Waals surface area contributed by atoms with Gasteiger partial charge in [-0.1, -0.05) is 12.1 Å². The van der Waals surface area contributed by atoms with Crippen LogP contribution < -0.4 is 25.0 Å². The zero-order valence-corrected chi connectivity index (χ0v) is 16.1. The van der Waals surface area contributed by atoms with E-state index in [1.165, 1.54) is 45.7 Å². The molecule has 150 valence electrons. The third kappa shape index (κ3) is 5.03. The van der Waals surface area contributed by atoms with Gasteiger partial charge in [-0.3, -0.25) is 5.43 Å². The first-order chi connectivity index (χ1) is 13.3. The molecule has 0 heterocycles. The van der Waals surface area contributed by atoms with E-state index in [2.05, 4.69) is 15.8 Å². The van der Waals surface area contributed by atoms with Crippen molar-refractivity contribution < 1.29 is 27.4 Å². The van der Waals surface area contributed by atoms with E-state index in [1.54, 1.807) is 12.1 Å². The fourth-order valence-corrected chi connectivity index (χ4v) is 2.54. The lowest BCUT2D eigenvalue weighted by atomic mass is 10.2. The lowest BCUT2D eigenvalue weighted by molar-refractivity contribution is -0.136. The summed E-state index contributed by atoms with van der Waals surface area (Å²) in [6, 6.07) is 8.35. The lowest BCUT2D eigenvalue weighted by Crippen LogP contribution is -2.25. The standard InChI is InChI=1S/C18H18F3N3O3S/c1-25-14-9-8-11(15(26-2)16(14)27-3)10-22-24-17(28)23-13-7-5-4-6-12(13)18(19,20)21/h4-10H,1-3H3,(H2,23,24,28)/b22-10+.